The topological polar surface area (TPSA) is 16.4 Å². The lowest BCUT2D eigenvalue weighted by Gasteiger charge is -2.30. The highest BCUT2D eigenvalue weighted by atomic mass is 16.3. The van der Waals surface area contributed by atoms with E-state index in [-0.39, 0.29) is 5.41 Å². The van der Waals surface area contributed by atoms with Crippen molar-refractivity contribution in [3.8, 4) is 55.6 Å². The summed E-state index contributed by atoms with van der Waals surface area (Å²) in [5, 5.41) is 2.19. The van der Waals surface area contributed by atoms with Gasteiger partial charge in [-0.1, -0.05) is 196 Å². The summed E-state index contributed by atoms with van der Waals surface area (Å²) in [5.41, 5.74) is 19.4. The number of nitrogens with zero attached hydrogens (tertiary/aromatic N) is 1. The van der Waals surface area contributed by atoms with E-state index in [0.717, 1.165) is 61.3 Å². The summed E-state index contributed by atoms with van der Waals surface area (Å²) < 4.78 is 6.86. The Morgan fingerprint density at radius 1 is 0.390 bits per heavy atom. The largest absolute Gasteiger partial charge is 0.454 e. The molecule has 1 heterocycles. The first-order chi connectivity index (χ1) is 29.1. The molecule has 0 saturated carbocycles. The summed E-state index contributed by atoms with van der Waals surface area (Å²) >= 11 is 0. The minimum absolute atomic E-state index is 0.156. The summed E-state index contributed by atoms with van der Waals surface area (Å²) in [6, 6.07) is 76.8. The molecule has 0 spiro atoms. The number of anilines is 3. The Hall–Kier alpha value is -7.42. The molecule has 0 atom stereocenters. The highest BCUT2D eigenvalue weighted by molar-refractivity contribution is 6.11. The van der Waals surface area contributed by atoms with E-state index in [0.29, 0.717) is 0 Å². The van der Waals surface area contributed by atoms with E-state index in [1.54, 1.807) is 0 Å². The predicted molar refractivity (Wildman–Crippen MR) is 248 cm³/mol. The second kappa shape index (κ2) is 13.9. The van der Waals surface area contributed by atoms with Crippen molar-refractivity contribution in [2.75, 3.05) is 4.90 Å². The quantitative estimate of drug-likeness (QED) is 0.161. The van der Waals surface area contributed by atoms with E-state index in [2.05, 4.69) is 225 Å². The average molecular weight is 756 g/mol. The molecule has 0 unspecified atom stereocenters. The molecular formula is C57H41NO. The molecule has 2 nitrogen and oxygen atoms in total. The molecule has 1 aliphatic rings. The van der Waals surface area contributed by atoms with Crippen molar-refractivity contribution in [2.45, 2.75) is 19.3 Å². The standard InChI is InChI=1S/C57H41NO/c1-57(2)50-33-13-11-26-45(50)48-31-16-30-44(55(48)57)40-23-15-24-41(37-40)58(52-35-18-32-49-46-27-12-14-36-53(46)59-56(49)52)51-34-17-29-43(39-21-7-4-8-22-39)54(51)47-28-10-9-25-42(47)38-19-5-3-6-20-38/h3-37H,1-2H3. The molecular weight excluding hydrogens is 715 g/mol. The molecule has 0 saturated heterocycles. The SMILES string of the molecule is CC1(C)c2ccccc2-c2cccc(-c3cccc(N(c4cccc(-c5ccccc5)c4-c4ccccc4-c4ccccc4)c4cccc5c4oc4ccccc45)c3)c21. The number of para-hydroxylation sites is 2. The number of hydrogen-bond donors (Lipinski definition) is 0. The second-order valence-electron chi connectivity index (χ2n) is 16.0. The average Bonchev–Trinajstić information content (AvgIpc) is 3.80. The Labute approximate surface area is 345 Å². The lowest BCUT2D eigenvalue weighted by molar-refractivity contribution is 0.662. The third kappa shape index (κ3) is 5.63. The number of benzene rings is 9. The summed E-state index contributed by atoms with van der Waals surface area (Å²) in [5.74, 6) is 0. The maximum absolute atomic E-state index is 6.86. The molecule has 11 rings (SSSR count). The monoisotopic (exact) mass is 755 g/mol. The van der Waals surface area contributed by atoms with Gasteiger partial charge < -0.3 is 9.32 Å². The predicted octanol–water partition coefficient (Wildman–Crippen LogP) is 16.0. The van der Waals surface area contributed by atoms with Crippen LogP contribution in [-0.4, -0.2) is 0 Å². The van der Waals surface area contributed by atoms with E-state index < -0.39 is 0 Å². The van der Waals surface area contributed by atoms with Gasteiger partial charge in [-0.3, -0.25) is 0 Å². The van der Waals surface area contributed by atoms with Crippen LogP contribution in [0.4, 0.5) is 17.1 Å². The van der Waals surface area contributed by atoms with Gasteiger partial charge in [0, 0.05) is 27.4 Å². The summed E-state index contributed by atoms with van der Waals surface area (Å²) in [6.07, 6.45) is 0. The van der Waals surface area contributed by atoms with Crippen LogP contribution in [0.3, 0.4) is 0 Å². The summed E-state index contributed by atoms with van der Waals surface area (Å²) in [6.45, 7) is 4.73. The van der Waals surface area contributed by atoms with Crippen LogP contribution in [-0.2, 0) is 5.41 Å². The molecule has 280 valence electrons. The van der Waals surface area contributed by atoms with Gasteiger partial charge in [-0.2, -0.15) is 0 Å². The van der Waals surface area contributed by atoms with E-state index in [1.807, 2.05) is 6.07 Å². The molecule has 9 aromatic carbocycles. The Morgan fingerprint density at radius 2 is 0.932 bits per heavy atom. The van der Waals surface area contributed by atoms with Gasteiger partial charge in [0.1, 0.15) is 5.58 Å². The summed E-state index contributed by atoms with van der Waals surface area (Å²) in [7, 11) is 0. The third-order valence-corrected chi connectivity index (χ3v) is 12.3. The fraction of sp³-hybridized carbons (Fsp3) is 0.0526. The molecule has 0 fully saturated rings. The molecule has 0 bridgehead atoms. The number of hydrogen-bond acceptors (Lipinski definition) is 2. The van der Waals surface area contributed by atoms with Crippen molar-refractivity contribution >= 4 is 39.0 Å². The van der Waals surface area contributed by atoms with E-state index in [4.69, 9.17) is 4.42 Å². The van der Waals surface area contributed by atoms with Gasteiger partial charge in [-0.05, 0) is 91.5 Å². The van der Waals surface area contributed by atoms with Crippen molar-refractivity contribution in [1.29, 1.82) is 0 Å². The highest BCUT2D eigenvalue weighted by Crippen LogP contribution is 2.54. The van der Waals surface area contributed by atoms with Crippen molar-refractivity contribution in [1.82, 2.24) is 0 Å². The first-order valence-electron chi connectivity index (χ1n) is 20.4. The van der Waals surface area contributed by atoms with Crippen molar-refractivity contribution in [2.24, 2.45) is 0 Å². The molecule has 0 aliphatic heterocycles. The van der Waals surface area contributed by atoms with Crippen LogP contribution in [0.5, 0.6) is 0 Å². The first kappa shape index (κ1) is 34.8. The maximum atomic E-state index is 6.86. The zero-order chi connectivity index (χ0) is 39.5. The zero-order valence-corrected chi connectivity index (χ0v) is 33.1. The normalized spacial score (nSPS) is 12.7. The van der Waals surface area contributed by atoms with Crippen molar-refractivity contribution < 1.29 is 4.42 Å². The van der Waals surface area contributed by atoms with E-state index in [9.17, 15) is 0 Å². The highest BCUT2D eigenvalue weighted by Gasteiger charge is 2.37. The van der Waals surface area contributed by atoms with Crippen LogP contribution >= 0.6 is 0 Å². The molecule has 0 radical (unpaired) electrons. The number of fused-ring (bicyclic) bond motifs is 6. The lowest BCUT2D eigenvalue weighted by atomic mass is 9.79. The number of rotatable bonds is 7. The van der Waals surface area contributed by atoms with E-state index in [1.165, 1.54) is 44.5 Å². The Bertz CT molecular complexity index is 3190. The van der Waals surface area contributed by atoms with Crippen molar-refractivity contribution in [3.05, 3.63) is 223 Å². The molecule has 10 aromatic rings. The van der Waals surface area contributed by atoms with Gasteiger partial charge in [-0.15, -0.1) is 0 Å². The maximum Gasteiger partial charge on any atom is 0.159 e. The van der Waals surface area contributed by atoms with Crippen LogP contribution in [0.1, 0.15) is 25.0 Å². The Balaban J connectivity index is 1.21. The molecule has 1 aliphatic carbocycles. The van der Waals surface area contributed by atoms with Gasteiger partial charge in [-0.25, -0.2) is 0 Å². The molecule has 1 aromatic heterocycles. The van der Waals surface area contributed by atoms with Gasteiger partial charge in [0.2, 0.25) is 0 Å². The lowest BCUT2D eigenvalue weighted by Crippen LogP contribution is -2.16. The van der Waals surface area contributed by atoms with Crippen LogP contribution in [0.15, 0.2) is 217 Å². The van der Waals surface area contributed by atoms with E-state index >= 15 is 0 Å². The molecule has 0 N–H and O–H groups in total. The van der Waals surface area contributed by atoms with Gasteiger partial charge in [0.25, 0.3) is 0 Å². The Morgan fingerprint density at radius 3 is 1.75 bits per heavy atom. The fourth-order valence-electron chi connectivity index (χ4n) is 9.66. The van der Waals surface area contributed by atoms with Crippen LogP contribution in [0.2, 0.25) is 0 Å². The van der Waals surface area contributed by atoms with Crippen LogP contribution in [0, 0.1) is 0 Å². The molecule has 59 heavy (non-hydrogen) atoms. The van der Waals surface area contributed by atoms with Crippen LogP contribution in [0.25, 0.3) is 77.6 Å². The van der Waals surface area contributed by atoms with Gasteiger partial charge >= 0.3 is 0 Å². The Kier molecular flexibility index (Phi) is 8.20. The van der Waals surface area contributed by atoms with Crippen molar-refractivity contribution in [3.63, 3.8) is 0 Å². The molecule has 2 heteroatoms. The van der Waals surface area contributed by atoms with Gasteiger partial charge in [0.15, 0.2) is 5.58 Å². The second-order valence-corrected chi connectivity index (χ2v) is 16.0. The fourth-order valence-corrected chi connectivity index (χ4v) is 9.66. The minimum Gasteiger partial charge on any atom is -0.454 e. The smallest absolute Gasteiger partial charge is 0.159 e. The zero-order valence-electron chi connectivity index (χ0n) is 33.1. The molecule has 0 amide bonds. The van der Waals surface area contributed by atoms with Gasteiger partial charge in [0.05, 0.1) is 11.4 Å². The first-order valence-corrected chi connectivity index (χ1v) is 20.4. The summed E-state index contributed by atoms with van der Waals surface area (Å²) in [4.78, 5) is 2.43. The van der Waals surface area contributed by atoms with Crippen LogP contribution < -0.4 is 4.90 Å². The number of furan rings is 1. The third-order valence-electron chi connectivity index (χ3n) is 12.3. The minimum atomic E-state index is -0.156.